The summed E-state index contributed by atoms with van der Waals surface area (Å²) in [6.07, 6.45) is 6.98. The van der Waals surface area contributed by atoms with Gasteiger partial charge in [-0.3, -0.25) is 0 Å². The molecule has 1 saturated carbocycles. The van der Waals surface area contributed by atoms with Crippen LogP contribution in [0, 0.1) is 5.92 Å². The SMILES string of the molecule is Nc1nc(NC2CC2O)c2ncn([C@H]3C=C[C@@H](CO)C3)c2n1. The molecule has 22 heavy (non-hydrogen) atoms. The molecule has 116 valence electrons. The number of nitrogens with one attached hydrogen (secondary N) is 1. The Kier molecular flexibility index (Phi) is 3.02. The maximum Gasteiger partial charge on any atom is 0.224 e. The highest BCUT2D eigenvalue weighted by Crippen LogP contribution is 2.32. The van der Waals surface area contributed by atoms with Crippen LogP contribution >= 0.6 is 0 Å². The summed E-state index contributed by atoms with van der Waals surface area (Å²) in [5.74, 6) is 0.900. The van der Waals surface area contributed by atoms with E-state index in [-0.39, 0.29) is 36.7 Å². The first-order valence-electron chi connectivity index (χ1n) is 7.39. The molecule has 2 aromatic rings. The Morgan fingerprint density at radius 2 is 2.14 bits per heavy atom. The van der Waals surface area contributed by atoms with E-state index < -0.39 is 0 Å². The molecule has 0 aromatic carbocycles. The number of hydrogen-bond donors (Lipinski definition) is 4. The van der Waals surface area contributed by atoms with Crippen molar-refractivity contribution in [2.75, 3.05) is 17.7 Å². The smallest absolute Gasteiger partial charge is 0.224 e. The van der Waals surface area contributed by atoms with Crippen molar-refractivity contribution in [3.05, 3.63) is 18.5 Å². The normalized spacial score (nSPS) is 30.1. The average molecular weight is 302 g/mol. The molecule has 2 heterocycles. The van der Waals surface area contributed by atoms with Crippen molar-refractivity contribution in [2.24, 2.45) is 5.92 Å². The quantitative estimate of drug-likeness (QED) is 0.589. The highest BCUT2D eigenvalue weighted by atomic mass is 16.3. The summed E-state index contributed by atoms with van der Waals surface area (Å²) in [6, 6.07) is 0.114. The van der Waals surface area contributed by atoms with E-state index in [9.17, 15) is 10.2 Å². The van der Waals surface area contributed by atoms with Gasteiger partial charge in [-0.05, 0) is 12.8 Å². The van der Waals surface area contributed by atoms with Crippen LogP contribution in [0.25, 0.3) is 11.2 Å². The molecule has 4 atom stereocenters. The van der Waals surface area contributed by atoms with Gasteiger partial charge >= 0.3 is 0 Å². The van der Waals surface area contributed by atoms with Crippen molar-refractivity contribution in [3.63, 3.8) is 0 Å². The van der Waals surface area contributed by atoms with Gasteiger partial charge in [0.05, 0.1) is 24.5 Å². The van der Waals surface area contributed by atoms with Gasteiger partial charge in [0, 0.05) is 12.5 Å². The minimum absolute atomic E-state index is 0.00722. The van der Waals surface area contributed by atoms with E-state index in [1.165, 1.54) is 0 Å². The summed E-state index contributed by atoms with van der Waals surface area (Å²) in [5, 5.41) is 21.9. The number of anilines is 2. The highest BCUT2D eigenvalue weighted by Gasteiger charge is 2.36. The second-order valence-electron chi connectivity index (χ2n) is 5.94. The lowest BCUT2D eigenvalue weighted by Gasteiger charge is -2.13. The van der Waals surface area contributed by atoms with E-state index in [2.05, 4.69) is 26.3 Å². The van der Waals surface area contributed by atoms with Gasteiger partial charge in [-0.15, -0.1) is 0 Å². The molecule has 0 aliphatic heterocycles. The first-order chi connectivity index (χ1) is 10.7. The van der Waals surface area contributed by atoms with Gasteiger partial charge in [-0.2, -0.15) is 9.97 Å². The molecule has 2 aliphatic rings. The van der Waals surface area contributed by atoms with Gasteiger partial charge in [-0.25, -0.2) is 4.98 Å². The van der Waals surface area contributed by atoms with Crippen LogP contribution in [0.1, 0.15) is 18.9 Å². The van der Waals surface area contributed by atoms with Crippen LogP contribution in [0.15, 0.2) is 18.5 Å². The number of nitrogen functional groups attached to an aromatic ring is 1. The van der Waals surface area contributed by atoms with Crippen LogP contribution in [0.2, 0.25) is 0 Å². The number of aromatic nitrogens is 4. The Bertz CT molecular complexity index is 742. The summed E-state index contributed by atoms with van der Waals surface area (Å²) >= 11 is 0. The number of aliphatic hydroxyl groups is 2. The fraction of sp³-hybridized carbons (Fsp3) is 0.500. The molecule has 4 rings (SSSR count). The first-order valence-corrected chi connectivity index (χ1v) is 7.39. The fourth-order valence-corrected chi connectivity index (χ4v) is 2.88. The molecular weight excluding hydrogens is 284 g/mol. The molecule has 0 saturated heterocycles. The number of nitrogens with two attached hydrogens (primary N) is 1. The third kappa shape index (κ3) is 2.20. The molecule has 2 aliphatic carbocycles. The third-order valence-corrected chi connectivity index (χ3v) is 4.26. The van der Waals surface area contributed by atoms with Crippen molar-refractivity contribution in [1.29, 1.82) is 0 Å². The Morgan fingerprint density at radius 3 is 2.82 bits per heavy atom. The maximum atomic E-state index is 9.47. The van der Waals surface area contributed by atoms with Crippen LogP contribution in [-0.2, 0) is 0 Å². The van der Waals surface area contributed by atoms with E-state index >= 15 is 0 Å². The van der Waals surface area contributed by atoms with Gasteiger partial charge < -0.3 is 25.8 Å². The molecule has 2 unspecified atom stereocenters. The van der Waals surface area contributed by atoms with Gasteiger partial charge in [0.25, 0.3) is 0 Å². The molecule has 0 radical (unpaired) electrons. The monoisotopic (exact) mass is 302 g/mol. The van der Waals surface area contributed by atoms with Gasteiger partial charge in [0.1, 0.15) is 0 Å². The molecule has 5 N–H and O–H groups in total. The van der Waals surface area contributed by atoms with Crippen LogP contribution in [0.5, 0.6) is 0 Å². The average Bonchev–Trinajstić information content (AvgIpc) is 2.94. The zero-order chi connectivity index (χ0) is 15.3. The molecule has 0 amide bonds. The minimum atomic E-state index is -0.337. The molecule has 0 bridgehead atoms. The van der Waals surface area contributed by atoms with E-state index in [0.29, 0.717) is 23.4 Å². The molecule has 8 nitrogen and oxygen atoms in total. The largest absolute Gasteiger partial charge is 0.396 e. The number of aliphatic hydroxyl groups excluding tert-OH is 2. The van der Waals surface area contributed by atoms with E-state index in [1.807, 2.05) is 10.6 Å². The van der Waals surface area contributed by atoms with E-state index in [0.717, 1.165) is 6.42 Å². The zero-order valence-corrected chi connectivity index (χ0v) is 11.9. The molecule has 2 aromatic heterocycles. The van der Waals surface area contributed by atoms with Crippen LogP contribution in [0.4, 0.5) is 11.8 Å². The van der Waals surface area contributed by atoms with Crippen molar-refractivity contribution >= 4 is 22.9 Å². The van der Waals surface area contributed by atoms with Crippen molar-refractivity contribution < 1.29 is 10.2 Å². The van der Waals surface area contributed by atoms with Gasteiger partial charge in [0.2, 0.25) is 5.95 Å². The Labute approximate surface area is 126 Å². The van der Waals surface area contributed by atoms with Crippen LogP contribution in [-0.4, -0.2) is 48.5 Å². The Balaban J connectivity index is 1.71. The number of fused-ring (bicyclic) bond motifs is 1. The number of rotatable bonds is 4. The second-order valence-corrected chi connectivity index (χ2v) is 5.94. The van der Waals surface area contributed by atoms with Gasteiger partial charge in [0.15, 0.2) is 17.0 Å². The molecular formula is C14H18N6O2. The summed E-state index contributed by atoms with van der Waals surface area (Å²) in [5.41, 5.74) is 7.12. The van der Waals surface area contributed by atoms with Crippen molar-refractivity contribution in [1.82, 2.24) is 19.5 Å². The first kappa shape index (κ1) is 13.5. The number of allylic oxidation sites excluding steroid dienone is 1. The van der Waals surface area contributed by atoms with Crippen LogP contribution in [0.3, 0.4) is 0 Å². The van der Waals surface area contributed by atoms with Crippen molar-refractivity contribution in [2.45, 2.75) is 31.0 Å². The Morgan fingerprint density at radius 1 is 1.32 bits per heavy atom. The summed E-state index contributed by atoms with van der Waals surface area (Å²) < 4.78 is 1.95. The lowest BCUT2D eigenvalue weighted by atomic mass is 10.1. The number of imidazole rings is 1. The summed E-state index contributed by atoms with van der Waals surface area (Å²) in [4.78, 5) is 12.9. The van der Waals surface area contributed by atoms with Gasteiger partial charge in [-0.1, -0.05) is 12.2 Å². The Hall–Kier alpha value is -2.19. The minimum Gasteiger partial charge on any atom is -0.396 e. The molecule has 0 spiro atoms. The topological polar surface area (TPSA) is 122 Å². The summed E-state index contributed by atoms with van der Waals surface area (Å²) in [7, 11) is 0. The highest BCUT2D eigenvalue weighted by molar-refractivity contribution is 5.84. The number of nitrogens with zero attached hydrogens (tertiary/aromatic N) is 4. The maximum absolute atomic E-state index is 9.47. The molecule has 8 heteroatoms. The molecule has 1 fully saturated rings. The fourth-order valence-electron chi connectivity index (χ4n) is 2.88. The lowest BCUT2D eigenvalue weighted by Crippen LogP contribution is -2.12. The zero-order valence-electron chi connectivity index (χ0n) is 11.9. The second kappa shape index (κ2) is 4.92. The number of hydrogen-bond acceptors (Lipinski definition) is 7. The van der Waals surface area contributed by atoms with E-state index in [1.54, 1.807) is 6.33 Å². The lowest BCUT2D eigenvalue weighted by molar-refractivity contribution is 0.244. The third-order valence-electron chi connectivity index (χ3n) is 4.26. The summed E-state index contributed by atoms with van der Waals surface area (Å²) in [6.45, 7) is 0.142. The standard InChI is InChI=1S/C14H18N6O2/c15-14-18-12(17-9-4-10(9)22)11-13(19-14)20(6-16-11)8-2-1-7(3-8)5-21/h1-2,6-10,21-22H,3-5H2,(H3,15,17,18,19)/t7-,8+,9?,10?/m1/s1. The van der Waals surface area contributed by atoms with E-state index in [4.69, 9.17) is 5.73 Å². The predicted molar refractivity (Wildman–Crippen MR) is 81.1 cm³/mol. The predicted octanol–water partition coefficient (Wildman–Crippen LogP) is 0.0631. The van der Waals surface area contributed by atoms with Crippen molar-refractivity contribution in [3.8, 4) is 0 Å². The van der Waals surface area contributed by atoms with Crippen LogP contribution < -0.4 is 11.1 Å².